The molecule has 1 fully saturated rings. The maximum atomic E-state index is 13.8. The van der Waals surface area contributed by atoms with Gasteiger partial charge in [-0.25, -0.2) is 4.39 Å². The molecule has 10 heteroatoms. The van der Waals surface area contributed by atoms with Gasteiger partial charge < -0.3 is 10.6 Å². The predicted octanol–water partition coefficient (Wildman–Crippen LogP) is 3.34. The molecule has 0 unspecified atom stereocenters. The van der Waals surface area contributed by atoms with Gasteiger partial charge in [-0.3, -0.25) is 24.1 Å². The van der Waals surface area contributed by atoms with Crippen molar-refractivity contribution in [1.29, 1.82) is 0 Å². The van der Waals surface area contributed by atoms with E-state index in [1.807, 2.05) is 0 Å². The summed E-state index contributed by atoms with van der Waals surface area (Å²) in [7, 11) is 0. The SMILES string of the molecule is O=C1CSc2ccc(C(=O)NCCN3C(=O)S/C(=C\c4ccccc4F)C3=O)cc2N1. The number of nitrogens with zero attached hydrogens (tertiary/aromatic N) is 1. The van der Waals surface area contributed by atoms with Gasteiger partial charge in [0.15, 0.2) is 0 Å². The quantitative estimate of drug-likeness (QED) is 0.669. The van der Waals surface area contributed by atoms with E-state index >= 15 is 0 Å². The van der Waals surface area contributed by atoms with Crippen molar-refractivity contribution in [1.82, 2.24) is 10.2 Å². The van der Waals surface area contributed by atoms with Crippen LogP contribution < -0.4 is 10.6 Å². The van der Waals surface area contributed by atoms with E-state index in [0.29, 0.717) is 17.0 Å². The van der Waals surface area contributed by atoms with Gasteiger partial charge in [0.05, 0.1) is 16.3 Å². The first-order valence-electron chi connectivity index (χ1n) is 9.27. The van der Waals surface area contributed by atoms with Crippen LogP contribution in [-0.2, 0) is 9.59 Å². The largest absolute Gasteiger partial charge is 0.350 e. The van der Waals surface area contributed by atoms with E-state index in [-0.39, 0.29) is 35.4 Å². The highest BCUT2D eigenvalue weighted by Gasteiger charge is 2.34. The second kappa shape index (κ2) is 8.94. The van der Waals surface area contributed by atoms with Gasteiger partial charge in [0.25, 0.3) is 17.1 Å². The Hall–Kier alpha value is -3.11. The number of amides is 4. The lowest BCUT2D eigenvalue weighted by Crippen LogP contribution is -2.37. The molecule has 4 amide bonds. The van der Waals surface area contributed by atoms with Gasteiger partial charge in [-0.15, -0.1) is 11.8 Å². The highest BCUT2D eigenvalue weighted by Crippen LogP contribution is 2.33. The zero-order valence-electron chi connectivity index (χ0n) is 16.0. The lowest BCUT2D eigenvalue weighted by atomic mass is 10.2. The lowest BCUT2D eigenvalue weighted by molar-refractivity contribution is -0.122. The number of fused-ring (bicyclic) bond motifs is 1. The molecule has 2 aromatic rings. The summed E-state index contributed by atoms with van der Waals surface area (Å²) in [6.07, 6.45) is 1.35. The monoisotopic (exact) mass is 457 g/mol. The number of imide groups is 1. The average Bonchev–Trinajstić information content (AvgIpc) is 3.02. The molecular formula is C21H16FN3O4S2. The second-order valence-corrected chi connectivity index (χ2v) is 8.67. The Balaban J connectivity index is 1.36. The van der Waals surface area contributed by atoms with E-state index in [9.17, 15) is 23.6 Å². The van der Waals surface area contributed by atoms with Crippen LogP contribution in [0.3, 0.4) is 0 Å². The first-order valence-corrected chi connectivity index (χ1v) is 11.1. The highest BCUT2D eigenvalue weighted by atomic mass is 32.2. The van der Waals surface area contributed by atoms with Crippen molar-refractivity contribution in [3.8, 4) is 0 Å². The summed E-state index contributed by atoms with van der Waals surface area (Å²) in [5.74, 6) is -1.19. The molecule has 2 aliphatic heterocycles. The third-order valence-corrected chi connectivity index (χ3v) is 6.54. The molecule has 0 atom stereocenters. The van der Waals surface area contributed by atoms with Crippen LogP contribution in [0.15, 0.2) is 52.3 Å². The standard InChI is InChI=1S/C21H16FN3O4S2/c22-14-4-2-1-3-12(14)10-17-20(28)25(21(29)31-17)8-7-23-19(27)13-5-6-16-15(9-13)24-18(26)11-30-16/h1-6,9-10H,7-8,11H2,(H,23,27)(H,24,26)/b17-10-. The fraction of sp³-hybridized carbons (Fsp3) is 0.143. The van der Waals surface area contributed by atoms with E-state index in [2.05, 4.69) is 10.6 Å². The number of hydrogen-bond acceptors (Lipinski definition) is 6. The number of anilines is 1. The molecule has 2 N–H and O–H groups in total. The van der Waals surface area contributed by atoms with E-state index in [1.165, 1.54) is 36.0 Å². The van der Waals surface area contributed by atoms with Crippen LogP contribution in [0.25, 0.3) is 6.08 Å². The van der Waals surface area contributed by atoms with Crippen LogP contribution in [0.5, 0.6) is 0 Å². The minimum absolute atomic E-state index is 0.0114. The Morgan fingerprint density at radius 3 is 2.81 bits per heavy atom. The van der Waals surface area contributed by atoms with Gasteiger partial charge in [0.1, 0.15) is 5.82 Å². The zero-order valence-corrected chi connectivity index (χ0v) is 17.6. The highest BCUT2D eigenvalue weighted by molar-refractivity contribution is 8.18. The van der Waals surface area contributed by atoms with Gasteiger partial charge in [-0.2, -0.15) is 0 Å². The number of carbonyl (C=O) groups excluding carboxylic acids is 4. The third-order valence-electron chi connectivity index (χ3n) is 4.56. The molecule has 158 valence electrons. The van der Waals surface area contributed by atoms with Crippen molar-refractivity contribution >= 4 is 58.2 Å². The molecule has 31 heavy (non-hydrogen) atoms. The maximum Gasteiger partial charge on any atom is 0.293 e. The Bertz CT molecular complexity index is 1140. The van der Waals surface area contributed by atoms with Gasteiger partial charge in [0, 0.05) is 29.1 Å². The van der Waals surface area contributed by atoms with Crippen LogP contribution in [-0.4, -0.2) is 46.7 Å². The minimum atomic E-state index is -0.527. The zero-order chi connectivity index (χ0) is 22.0. The fourth-order valence-electron chi connectivity index (χ4n) is 3.03. The molecule has 0 spiro atoms. The van der Waals surface area contributed by atoms with Crippen molar-refractivity contribution in [3.63, 3.8) is 0 Å². The summed E-state index contributed by atoms with van der Waals surface area (Å²) in [5.41, 5.74) is 1.16. The van der Waals surface area contributed by atoms with Gasteiger partial charge in [0.2, 0.25) is 5.91 Å². The Morgan fingerprint density at radius 2 is 2.00 bits per heavy atom. The number of hydrogen-bond donors (Lipinski definition) is 2. The smallest absolute Gasteiger partial charge is 0.293 e. The number of nitrogens with one attached hydrogen (secondary N) is 2. The molecule has 2 aromatic carbocycles. The minimum Gasteiger partial charge on any atom is -0.350 e. The molecule has 0 aromatic heterocycles. The predicted molar refractivity (Wildman–Crippen MR) is 117 cm³/mol. The lowest BCUT2D eigenvalue weighted by Gasteiger charge is -2.17. The van der Waals surface area contributed by atoms with Crippen molar-refractivity contribution < 1.29 is 23.6 Å². The molecular weight excluding hydrogens is 441 g/mol. The van der Waals surface area contributed by atoms with Crippen molar-refractivity contribution in [2.24, 2.45) is 0 Å². The maximum absolute atomic E-state index is 13.8. The van der Waals surface area contributed by atoms with E-state index in [4.69, 9.17) is 0 Å². The molecule has 1 saturated heterocycles. The molecule has 4 rings (SSSR count). The Morgan fingerprint density at radius 1 is 1.19 bits per heavy atom. The molecule has 7 nitrogen and oxygen atoms in total. The first kappa shape index (κ1) is 21.1. The summed E-state index contributed by atoms with van der Waals surface area (Å²) in [5, 5.41) is 4.91. The van der Waals surface area contributed by atoms with Crippen LogP contribution in [0.2, 0.25) is 0 Å². The van der Waals surface area contributed by atoms with Crippen molar-refractivity contribution in [3.05, 3.63) is 64.3 Å². The topological polar surface area (TPSA) is 95.6 Å². The third kappa shape index (κ3) is 4.64. The van der Waals surface area contributed by atoms with Gasteiger partial charge in [-0.05, 0) is 42.1 Å². The summed E-state index contributed by atoms with van der Waals surface area (Å²) >= 11 is 2.13. The Kier molecular flexibility index (Phi) is 6.10. The number of rotatable bonds is 5. The molecule has 0 aliphatic carbocycles. The van der Waals surface area contributed by atoms with E-state index in [0.717, 1.165) is 21.6 Å². The van der Waals surface area contributed by atoms with Crippen LogP contribution in [0.1, 0.15) is 15.9 Å². The Labute approximate surface area is 185 Å². The van der Waals surface area contributed by atoms with Gasteiger partial charge >= 0.3 is 0 Å². The van der Waals surface area contributed by atoms with E-state index in [1.54, 1.807) is 24.3 Å². The molecule has 0 radical (unpaired) electrons. The second-order valence-electron chi connectivity index (χ2n) is 6.66. The summed E-state index contributed by atoms with van der Waals surface area (Å²) in [6, 6.07) is 11.0. The number of benzene rings is 2. The molecule has 0 bridgehead atoms. The van der Waals surface area contributed by atoms with Crippen LogP contribution >= 0.6 is 23.5 Å². The van der Waals surface area contributed by atoms with Crippen molar-refractivity contribution in [2.75, 3.05) is 24.2 Å². The summed E-state index contributed by atoms with van der Waals surface area (Å²) < 4.78 is 13.8. The summed E-state index contributed by atoms with van der Waals surface area (Å²) in [6.45, 7) is 0.0462. The molecule has 0 saturated carbocycles. The normalized spacial score (nSPS) is 17.0. The number of carbonyl (C=O) groups is 4. The van der Waals surface area contributed by atoms with Crippen molar-refractivity contribution in [2.45, 2.75) is 4.90 Å². The average molecular weight is 458 g/mol. The molecule has 2 aliphatic rings. The number of thioether (sulfide) groups is 2. The number of halogens is 1. The van der Waals surface area contributed by atoms with Crippen LogP contribution in [0.4, 0.5) is 14.9 Å². The van der Waals surface area contributed by atoms with Gasteiger partial charge in [-0.1, -0.05) is 18.2 Å². The van der Waals surface area contributed by atoms with Crippen LogP contribution in [0, 0.1) is 5.82 Å². The summed E-state index contributed by atoms with van der Waals surface area (Å²) in [4.78, 5) is 50.7. The molecule has 2 heterocycles. The fourth-order valence-corrected chi connectivity index (χ4v) is 4.68. The first-order chi connectivity index (χ1) is 14.9. The van der Waals surface area contributed by atoms with E-state index < -0.39 is 17.0 Å².